The van der Waals surface area contributed by atoms with Gasteiger partial charge in [0.15, 0.2) is 5.96 Å². The molecule has 1 fully saturated rings. The average Bonchev–Trinajstić information content (AvgIpc) is 3.20. The van der Waals surface area contributed by atoms with Gasteiger partial charge >= 0.3 is 0 Å². The quantitative estimate of drug-likeness (QED) is 0.361. The molecule has 0 aliphatic carbocycles. The van der Waals surface area contributed by atoms with E-state index in [-0.39, 0.29) is 35.8 Å². The Labute approximate surface area is 187 Å². The number of morpholine rings is 1. The highest BCUT2D eigenvalue weighted by Crippen LogP contribution is 2.25. The third-order valence-electron chi connectivity index (χ3n) is 4.69. The maximum Gasteiger partial charge on any atom is 0.193 e. The van der Waals surface area contributed by atoms with Crippen molar-refractivity contribution in [2.75, 3.05) is 46.9 Å². The number of hydrogen-bond acceptors (Lipinski definition) is 4. The van der Waals surface area contributed by atoms with Crippen molar-refractivity contribution in [3.8, 4) is 0 Å². The summed E-state index contributed by atoms with van der Waals surface area (Å²) in [5.74, 6) is 0.586. The summed E-state index contributed by atoms with van der Waals surface area (Å²) in [5.41, 5.74) is 0.920. The van der Waals surface area contributed by atoms with Gasteiger partial charge in [-0.05, 0) is 29.1 Å². The number of benzene rings is 1. The lowest BCUT2D eigenvalue weighted by Gasteiger charge is -2.35. The smallest absolute Gasteiger partial charge is 0.193 e. The van der Waals surface area contributed by atoms with Crippen LogP contribution in [0.1, 0.15) is 16.5 Å². The summed E-state index contributed by atoms with van der Waals surface area (Å²) in [4.78, 5) is 10.2. The second-order valence-electron chi connectivity index (χ2n) is 6.59. The van der Waals surface area contributed by atoms with Crippen LogP contribution in [0.4, 0.5) is 4.39 Å². The van der Waals surface area contributed by atoms with E-state index in [2.05, 4.69) is 32.7 Å². The first-order valence-corrected chi connectivity index (χ1v) is 10.1. The maximum atomic E-state index is 13.4. The molecule has 154 valence electrons. The largest absolute Gasteiger partial charge is 0.379 e. The van der Waals surface area contributed by atoms with Gasteiger partial charge in [0.25, 0.3) is 0 Å². The monoisotopic (exact) mass is 518 g/mol. The van der Waals surface area contributed by atoms with Crippen LogP contribution in [0, 0.1) is 5.82 Å². The van der Waals surface area contributed by atoms with Crippen LogP contribution in [0.2, 0.25) is 0 Å². The second kappa shape index (κ2) is 11.7. The number of guanidine groups is 1. The molecule has 2 heterocycles. The van der Waals surface area contributed by atoms with Crippen molar-refractivity contribution in [3.05, 3.63) is 58.0 Å². The topological polar surface area (TPSA) is 40.1 Å². The lowest BCUT2D eigenvalue weighted by molar-refractivity contribution is 0.0176. The van der Waals surface area contributed by atoms with Gasteiger partial charge in [-0.1, -0.05) is 18.2 Å². The van der Waals surface area contributed by atoms with Gasteiger partial charge in [0.05, 0.1) is 19.3 Å². The van der Waals surface area contributed by atoms with Gasteiger partial charge in [-0.3, -0.25) is 9.89 Å². The summed E-state index contributed by atoms with van der Waals surface area (Å²) in [5, 5.41) is 5.61. The zero-order valence-corrected chi connectivity index (χ0v) is 19.5. The van der Waals surface area contributed by atoms with E-state index in [4.69, 9.17) is 4.74 Å². The van der Waals surface area contributed by atoms with Crippen LogP contribution >= 0.6 is 35.3 Å². The number of nitrogens with zero attached hydrogens (tertiary/aromatic N) is 3. The van der Waals surface area contributed by atoms with Crippen molar-refractivity contribution in [2.45, 2.75) is 12.6 Å². The van der Waals surface area contributed by atoms with E-state index in [0.29, 0.717) is 6.54 Å². The van der Waals surface area contributed by atoms with E-state index in [1.807, 2.05) is 18.0 Å². The highest BCUT2D eigenvalue weighted by atomic mass is 127. The summed E-state index contributed by atoms with van der Waals surface area (Å²) in [6.07, 6.45) is 0. The van der Waals surface area contributed by atoms with E-state index < -0.39 is 0 Å². The lowest BCUT2D eigenvalue weighted by Crippen LogP contribution is -2.46. The molecule has 0 amide bonds. The number of thiophene rings is 1. The summed E-state index contributed by atoms with van der Waals surface area (Å²) >= 11 is 1.78. The lowest BCUT2D eigenvalue weighted by atomic mass is 10.2. The van der Waals surface area contributed by atoms with Crippen LogP contribution < -0.4 is 5.32 Å². The van der Waals surface area contributed by atoms with Crippen LogP contribution in [0.25, 0.3) is 0 Å². The number of hydrogen-bond donors (Lipinski definition) is 1. The van der Waals surface area contributed by atoms with Gasteiger partial charge in [0.2, 0.25) is 0 Å². The molecule has 1 aliphatic heterocycles. The van der Waals surface area contributed by atoms with Crippen molar-refractivity contribution in [1.82, 2.24) is 15.1 Å². The number of rotatable bonds is 6. The fourth-order valence-corrected chi connectivity index (χ4v) is 4.20. The van der Waals surface area contributed by atoms with Gasteiger partial charge in [-0.2, -0.15) is 0 Å². The van der Waals surface area contributed by atoms with Crippen LogP contribution in [-0.2, 0) is 11.3 Å². The minimum Gasteiger partial charge on any atom is -0.379 e. The molecule has 1 aromatic carbocycles. The van der Waals surface area contributed by atoms with Crippen LogP contribution in [-0.4, -0.2) is 62.7 Å². The molecule has 5 nitrogen and oxygen atoms in total. The molecule has 1 saturated heterocycles. The van der Waals surface area contributed by atoms with Crippen molar-refractivity contribution in [3.63, 3.8) is 0 Å². The maximum absolute atomic E-state index is 13.4. The molecule has 0 spiro atoms. The van der Waals surface area contributed by atoms with E-state index in [0.717, 1.165) is 44.4 Å². The first-order chi connectivity index (χ1) is 13.2. The number of ether oxygens (including phenoxy) is 1. The highest BCUT2D eigenvalue weighted by molar-refractivity contribution is 14.0. The first kappa shape index (κ1) is 23.1. The van der Waals surface area contributed by atoms with Crippen molar-refractivity contribution < 1.29 is 9.13 Å². The molecule has 1 N–H and O–H groups in total. The summed E-state index contributed by atoms with van der Waals surface area (Å²) in [6, 6.07) is 11.3. The van der Waals surface area contributed by atoms with Gasteiger partial charge in [-0.25, -0.2) is 4.39 Å². The zero-order valence-electron chi connectivity index (χ0n) is 16.3. The van der Waals surface area contributed by atoms with E-state index in [1.54, 1.807) is 30.5 Å². The fraction of sp³-hybridized carbons (Fsp3) is 0.450. The second-order valence-corrected chi connectivity index (χ2v) is 7.57. The molecule has 3 rings (SSSR count). The molecule has 28 heavy (non-hydrogen) atoms. The Bertz CT molecular complexity index is 738. The Morgan fingerprint density at radius 2 is 2.11 bits per heavy atom. The Balaban J connectivity index is 0.00000280. The molecule has 0 saturated carbocycles. The Hall–Kier alpha value is -1.23. The van der Waals surface area contributed by atoms with Crippen molar-refractivity contribution in [2.24, 2.45) is 4.99 Å². The Morgan fingerprint density at radius 1 is 1.32 bits per heavy atom. The third kappa shape index (κ3) is 6.40. The highest BCUT2D eigenvalue weighted by Gasteiger charge is 2.24. The molecule has 0 radical (unpaired) electrons. The minimum atomic E-state index is -0.214. The van der Waals surface area contributed by atoms with Crippen LogP contribution in [0.5, 0.6) is 0 Å². The van der Waals surface area contributed by atoms with Crippen LogP contribution in [0.15, 0.2) is 46.8 Å². The van der Waals surface area contributed by atoms with Gasteiger partial charge < -0.3 is 15.0 Å². The Morgan fingerprint density at radius 3 is 2.75 bits per heavy atom. The van der Waals surface area contributed by atoms with Crippen molar-refractivity contribution in [1.29, 1.82) is 0 Å². The summed E-state index contributed by atoms with van der Waals surface area (Å²) < 4.78 is 18.9. The van der Waals surface area contributed by atoms with Gasteiger partial charge in [-0.15, -0.1) is 35.3 Å². The minimum absolute atomic E-state index is 0. The fourth-order valence-electron chi connectivity index (χ4n) is 3.34. The molecule has 1 atom stereocenters. The van der Waals surface area contributed by atoms with Crippen molar-refractivity contribution >= 4 is 41.3 Å². The summed E-state index contributed by atoms with van der Waals surface area (Å²) in [7, 11) is 3.74. The Kier molecular flexibility index (Phi) is 9.63. The van der Waals surface area contributed by atoms with Crippen LogP contribution in [0.3, 0.4) is 0 Å². The zero-order chi connectivity index (χ0) is 19.1. The number of nitrogens with one attached hydrogen (secondary N) is 1. The predicted octanol–water partition coefficient (Wildman–Crippen LogP) is 3.59. The normalized spacial score (nSPS) is 16.3. The van der Waals surface area contributed by atoms with Gasteiger partial charge in [0, 0.05) is 45.2 Å². The number of aliphatic imine (C=N–C) groups is 1. The molecule has 1 aromatic heterocycles. The van der Waals surface area contributed by atoms with E-state index in [9.17, 15) is 4.39 Å². The van der Waals surface area contributed by atoms with E-state index >= 15 is 0 Å². The third-order valence-corrected chi connectivity index (χ3v) is 5.67. The predicted molar refractivity (Wildman–Crippen MR) is 124 cm³/mol. The molecule has 1 aliphatic rings. The molecule has 8 heteroatoms. The molecular weight excluding hydrogens is 490 g/mol. The first-order valence-electron chi connectivity index (χ1n) is 9.19. The van der Waals surface area contributed by atoms with Gasteiger partial charge in [0.1, 0.15) is 5.82 Å². The molecule has 2 aromatic rings. The summed E-state index contributed by atoms with van der Waals surface area (Å²) in [6.45, 7) is 4.77. The standard InChI is InChI=1S/C20H27FN4OS.HI/c1-22-20(24(2)15-16-5-3-6-17(21)13-16)23-14-18(19-7-4-12-27-19)25-8-10-26-11-9-25;/h3-7,12-13,18H,8-11,14-15H2,1-2H3,(H,22,23);1H. The molecule has 1 unspecified atom stereocenters. The van der Waals surface area contributed by atoms with E-state index in [1.165, 1.54) is 10.9 Å². The SMILES string of the molecule is CN=C(NCC(c1cccs1)N1CCOCC1)N(C)Cc1cccc(F)c1.I. The average molecular weight is 518 g/mol. The molecule has 0 bridgehead atoms. The number of halogens is 2. The molecular formula is C20H28FIN4OS.